The minimum absolute atomic E-state index is 0.375. The van der Waals surface area contributed by atoms with Gasteiger partial charge < -0.3 is 9.31 Å². The van der Waals surface area contributed by atoms with Gasteiger partial charge in [0.15, 0.2) is 0 Å². The van der Waals surface area contributed by atoms with Crippen molar-refractivity contribution in [3.63, 3.8) is 0 Å². The largest absolute Gasteiger partial charge is 0.494 e. The highest BCUT2D eigenvalue weighted by molar-refractivity contribution is 6.62. The Balaban J connectivity index is 1.46. The molecule has 4 heteroatoms. The zero-order valence-corrected chi connectivity index (χ0v) is 21.7. The fourth-order valence-electron chi connectivity index (χ4n) is 5.00. The van der Waals surface area contributed by atoms with Crippen LogP contribution in [0.25, 0.3) is 44.3 Å². The predicted octanol–water partition coefficient (Wildman–Crippen LogP) is 7.54. The van der Waals surface area contributed by atoms with Crippen LogP contribution in [0.4, 0.5) is 0 Å². The van der Waals surface area contributed by atoms with Gasteiger partial charge in [-0.1, -0.05) is 84.9 Å². The topological polar surface area (TPSA) is 31.4 Å². The zero-order valence-electron chi connectivity index (χ0n) is 21.7. The molecule has 1 fully saturated rings. The summed E-state index contributed by atoms with van der Waals surface area (Å²) in [5, 5.41) is 2.46. The number of hydrogen-bond acceptors (Lipinski definition) is 3. The van der Waals surface area contributed by atoms with Gasteiger partial charge in [0.25, 0.3) is 0 Å². The van der Waals surface area contributed by atoms with Crippen LogP contribution in [0.5, 0.6) is 0 Å². The fourth-order valence-corrected chi connectivity index (χ4v) is 5.00. The number of hydrogen-bond donors (Lipinski definition) is 0. The van der Waals surface area contributed by atoms with Crippen LogP contribution in [0, 0.1) is 0 Å². The first-order valence-electron chi connectivity index (χ1n) is 12.8. The maximum Gasteiger partial charge on any atom is 0.494 e. The number of aromatic nitrogens is 1. The lowest BCUT2D eigenvalue weighted by Gasteiger charge is -2.32. The van der Waals surface area contributed by atoms with Gasteiger partial charge >= 0.3 is 7.12 Å². The second-order valence-electron chi connectivity index (χ2n) is 10.7. The van der Waals surface area contributed by atoms with Crippen molar-refractivity contribution in [2.24, 2.45) is 0 Å². The first kappa shape index (κ1) is 23.7. The molecule has 182 valence electrons. The average molecular weight is 483 g/mol. The summed E-state index contributed by atoms with van der Waals surface area (Å²) in [7, 11) is -0.393. The monoisotopic (exact) mass is 483 g/mol. The highest BCUT2D eigenvalue weighted by Crippen LogP contribution is 2.39. The lowest BCUT2D eigenvalue weighted by Crippen LogP contribution is -2.41. The molecule has 4 aromatic carbocycles. The molecule has 0 aliphatic carbocycles. The molecule has 3 nitrogen and oxygen atoms in total. The highest BCUT2D eigenvalue weighted by atomic mass is 16.7. The Labute approximate surface area is 219 Å². The summed E-state index contributed by atoms with van der Waals surface area (Å²) in [5.41, 5.74) is 6.95. The molecule has 0 N–H and O–H groups in total. The van der Waals surface area contributed by atoms with E-state index in [9.17, 15) is 0 Å². The van der Waals surface area contributed by atoms with E-state index in [1.54, 1.807) is 0 Å². The quantitative estimate of drug-likeness (QED) is 0.248. The number of pyridine rings is 1. The smallest absolute Gasteiger partial charge is 0.399 e. The normalized spacial score (nSPS) is 16.3. The van der Waals surface area contributed by atoms with Crippen LogP contribution >= 0.6 is 0 Å². The number of benzene rings is 4. The van der Waals surface area contributed by atoms with Gasteiger partial charge in [0, 0.05) is 11.8 Å². The van der Waals surface area contributed by atoms with E-state index in [-0.39, 0.29) is 11.2 Å². The van der Waals surface area contributed by atoms with E-state index >= 15 is 0 Å². The average Bonchev–Trinajstić information content (AvgIpc) is 3.15. The molecule has 1 aromatic heterocycles. The van der Waals surface area contributed by atoms with E-state index in [4.69, 9.17) is 14.3 Å². The van der Waals surface area contributed by atoms with Gasteiger partial charge in [-0.2, -0.15) is 0 Å². The Morgan fingerprint density at radius 2 is 1.30 bits per heavy atom. The molecule has 5 aromatic rings. The summed E-state index contributed by atoms with van der Waals surface area (Å²) in [6.07, 6.45) is 1.85. The summed E-state index contributed by atoms with van der Waals surface area (Å²) < 4.78 is 12.6. The summed E-state index contributed by atoms with van der Waals surface area (Å²) in [4.78, 5) is 4.72. The minimum atomic E-state index is -0.393. The zero-order chi connectivity index (χ0) is 25.6. The van der Waals surface area contributed by atoms with Gasteiger partial charge in [-0.3, -0.25) is 4.98 Å². The van der Waals surface area contributed by atoms with Crippen molar-refractivity contribution in [1.29, 1.82) is 0 Å². The first-order valence-corrected chi connectivity index (χ1v) is 12.8. The Bertz CT molecular complexity index is 1570. The van der Waals surface area contributed by atoms with E-state index in [1.807, 2.05) is 18.3 Å². The second kappa shape index (κ2) is 8.98. The van der Waals surface area contributed by atoms with Crippen molar-refractivity contribution in [3.8, 4) is 33.5 Å². The van der Waals surface area contributed by atoms with Gasteiger partial charge in [-0.15, -0.1) is 0 Å². The van der Waals surface area contributed by atoms with E-state index in [2.05, 4.69) is 119 Å². The van der Waals surface area contributed by atoms with E-state index in [0.717, 1.165) is 27.8 Å². The Kier molecular flexibility index (Phi) is 5.75. The van der Waals surface area contributed by atoms with E-state index in [1.165, 1.54) is 21.9 Å². The van der Waals surface area contributed by atoms with Gasteiger partial charge in [0.2, 0.25) is 0 Å². The van der Waals surface area contributed by atoms with E-state index in [0.29, 0.717) is 0 Å². The molecule has 6 rings (SSSR count). The molecule has 0 saturated carbocycles. The van der Waals surface area contributed by atoms with Crippen molar-refractivity contribution < 1.29 is 9.31 Å². The standard InChI is InChI=1S/C33H30BNO2/c1-32(2)33(3,4)37-34(36-32)26-14-9-13-24(21-26)25-18-19-29(30(22-25)31-17-7-8-20-35-31)28-16-10-12-23-11-5-6-15-27(23)28/h5-22H,1-4H3. The molecule has 1 saturated heterocycles. The van der Waals surface area contributed by atoms with Gasteiger partial charge in [-0.25, -0.2) is 0 Å². The Hall–Kier alpha value is -3.73. The maximum absolute atomic E-state index is 6.32. The third-order valence-corrected chi connectivity index (χ3v) is 7.79. The van der Waals surface area contributed by atoms with Crippen molar-refractivity contribution in [1.82, 2.24) is 4.98 Å². The summed E-state index contributed by atoms with van der Waals surface area (Å²) in [6, 6.07) is 36.3. The number of rotatable bonds is 4. The SMILES string of the molecule is CC1(C)OB(c2cccc(-c3ccc(-c4cccc5ccccc45)c(-c4ccccn4)c3)c2)OC1(C)C. The molecular formula is C33H30BNO2. The van der Waals surface area contributed by atoms with Crippen molar-refractivity contribution in [3.05, 3.63) is 109 Å². The number of nitrogens with zero attached hydrogens (tertiary/aromatic N) is 1. The molecule has 37 heavy (non-hydrogen) atoms. The summed E-state index contributed by atoms with van der Waals surface area (Å²) >= 11 is 0. The fraction of sp³-hybridized carbons (Fsp3) is 0.182. The van der Waals surface area contributed by atoms with E-state index < -0.39 is 7.12 Å². The van der Waals surface area contributed by atoms with Crippen LogP contribution < -0.4 is 5.46 Å². The van der Waals surface area contributed by atoms with Crippen LogP contribution in [0.15, 0.2) is 109 Å². The molecule has 0 amide bonds. The minimum Gasteiger partial charge on any atom is -0.399 e. The van der Waals surface area contributed by atoms with Crippen LogP contribution in [0.2, 0.25) is 0 Å². The predicted molar refractivity (Wildman–Crippen MR) is 154 cm³/mol. The van der Waals surface area contributed by atoms with Gasteiger partial charge in [0.1, 0.15) is 0 Å². The molecule has 0 unspecified atom stereocenters. The first-order chi connectivity index (χ1) is 17.8. The van der Waals surface area contributed by atoms with Crippen molar-refractivity contribution >= 4 is 23.4 Å². The summed E-state index contributed by atoms with van der Waals surface area (Å²) in [5.74, 6) is 0. The highest BCUT2D eigenvalue weighted by Gasteiger charge is 2.51. The third kappa shape index (κ3) is 4.27. The van der Waals surface area contributed by atoms with Crippen LogP contribution in [-0.2, 0) is 9.31 Å². The lowest BCUT2D eigenvalue weighted by molar-refractivity contribution is 0.00578. The van der Waals surface area contributed by atoms with Crippen molar-refractivity contribution in [2.45, 2.75) is 38.9 Å². The summed E-state index contributed by atoms with van der Waals surface area (Å²) in [6.45, 7) is 8.34. The van der Waals surface area contributed by atoms with Crippen LogP contribution in [0.3, 0.4) is 0 Å². The molecule has 0 bridgehead atoms. The molecule has 0 spiro atoms. The second-order valence-corrected chi connectivity index (χ2v) is 10.7. The van der Waals surface area contributed by atoms with Crippen molar-refractivity contribution in [2.75, 3.05) is 0 Å². The molecule has 1 aliphatic rings. The number of fused-ring (bicyclic) bond motifs is 1. The Morgan fingerprint density at radius 1 is 0.595 bits per heavy atom. The lowest BCUT2D eigenvalue weighted by atomic mass is 9.78. The molecular weight excluding hydrogens is 453 g/mol. The van der Waals surface area contributed by atoms with Gasteiger partial charge in [0.05, 0.1) is 16.9 Å². The van der Waals surface area contributed by atoms with Gasteiger partial charge in [-0.05, 0) is 84.4 Å². The Morgan fingerprint density at radius 3 is 2.08 bits per heavy atom. The van der Waals surface area contributed by atoms with Crippen LogP contribution in [0.1, 0.15) is 27.7 Å². The molecule has 2 heterocycles. The molecule has 1 aliphatic heterocycles. The van der Waals surface area contributed by atoms with Crippen LogP contribution in [-0.4, -0.2) is 23.3 Å². The molecule has 0 radical (unpaired) electrons. The maximum atomic E-state index is 6.32. The molecule has 0 atom stereocenters. The third-order valence-electron chi connectivity index (χ3n) is 7.79.